The predicted octanol–water partition coefficient (Wildman–Crippen LogP) is 1.78. The number of carbonyl (C=O) groups excluding carboxylic acids is 1. The summed E-state index contributed by atoms with van der Waals surface area (Å²) in [6, 6.07) is 0. The molecule has 1 fully saturated rings. The highest BCUT2D eigenvalue weighted by atomic mass is 16.6. The van der Waals surface area contributed by atoms with Gasteiger partial charge in [-0.15, -0.1) is 0 Å². The van der Waals surface area contributed by atoms with Gasteiger partial charge in [-0.1, -0.05) is 20.8 Å². The molecule has 0 aliphatic carbocycles. The topological polar surface area (TPSA) is 29.6 Å². The van der Waals surface area contributed by atoms with Crippen molar-refractivity contribution in [1.82, 2.24) is 0 Å². The lowest BCUT2D eigenvalue weighted by molar-refractivity contribution is -0.126. The molecule has 64 valence electrons. The third-order valence-corrected chi connectivity index (χ3v) is 1.93. The van der Waals surface area contributed by atoms with E-state index in [0.29, 0.717) is 18.3 Å². The van der Waals surface area contributed by atoms with Crippen LogP contribution in [0.4, 0.5) is 0 Å². The van der Waals surface area contributed by atoms with Gasteiger partial charge in [0.15, 0.2) is 0 Å². The minimum Gasteiger partial charge on any atom is -0.373 e. The molecule has 1 heterocycles. The Bertz CT molecular complexity index is 151. The molecule has 11 heavy (non-hydrogen) atoms. The summed E-state index contributed by atoms with van der Waals surface area (Å²) in [6.45, 7) is 6.74. The van der Waals surface area contributed by atoms with Crippen molar-refractivity contribution in [2.75, 3.05) is 6.61 Å². The van der Waals surface area contributed by atoms with Gasteiger partial charge in [0.1, 0.15) is 5.78 Å². The molecule has 0 aromatic heterocycles. The Morgan fingerprint density at radius 3 is 2.45 bits per heavy atom. The van der Waals surface area contributed by atoms with E-state index in [9.17, 15) is 4.79 Å². The largest absolute Gasteiger partial charge is 0.373 e. The van der Waals surface area contributed by atoms with Gasteiger partial charge in [-0.3, -0.25) is 4.79 Å². The molecule has 0 amide bonds. The van der Waals surface area contributed by atoms with Crippen molar-refractivity contribution in [3.8, 4) is 0 Å². The van der Waals surface area contributed by atoms with Gasteiger partial charge in [-0.2, -0.15) is 0 Å². The number of ketones is 1. The second kappa shape index (κ2) is 2.94. The monoisotopic (exact) mass is 156 g/mol. The number of epoxide rings is 1. The molecule has 1 aliphatic heterocycles. The maximum Gasteiger partial charge on any atom is 0.138 e. The fourth-order valence-electron chi connectivity index (χ4n) is 0.902. The summed E-state index contributed by atoms with van der Waals surface area (Å²) in [4.78, 5) is 11.3. The van der Waals surface area contributed by atoms with E-state index in [4.69, 9.17) is 4.74 Å². The Labute approximate surface area is 67.9 Å². The van der Waals surface area contributed by atoms with Crippen molar-refractivity contribution in [3.05, 3.63) is 0 Å². The lowest BCUT2D eigenvalue weighted by atomic mass is 9.88. The molecule has 1 unspecified atom stereocenters. The van der Waals surface area contributed by atoms with Crippen LogP contribution in [0, 0.1) is 5.41 Å². The summed E-state index contributed by atoms with van der Waals surface area (Å²) in [5.41, 5.74) is -0.172. The first-order chi connectivity index (χ1) is 5.00. The Hall–Kier alpha value is -0.370. The molecule has 1 atom stereocenters. The van der Waals surface area contributed by atoms with Crippen LogP contribution in [0.15, 0.2) is 0 Å². The Balaban J connectivity index is 2.19. The zero-order valence-electron chi connectivity index (χ0n) is 7.52. The van der Waals surface area contributed by atoms with Crippen LogP contribution >= 0.6 is 0 Å². The van der Waals surface area contributed by atoms with E-state index >= 15 is 0 Å². The van der Waals surface area contributed by atoms with E-state index < -0.39 is 0 Å². The average molecular weight is 156 g/mol. The van der Waals surface area contributed by atoms with Crippen molar-refractivity contribution < 1.29 is 9.53 Å². The maximum absolute atomic E-state index is 11.3. The smallest absolute Gasteiger partial charge is 0.138 e. The van der Waals surface area contributed by atoms with Crippen molar-refractivity contribution in [3.63, 3.8) is 0 Å². The van der Waals surface area contributed by atoms with Gasteiger partial charge in [-0.05, 0) is 6.42 Å². The Morgan fingerprint density at radius 1 is 1.55 bits per heavy atom. The molecule has 1 rings (SSSR count). The molecule has 0 radical (unpaired) electrons. The summed E-state index contributed by atoms with van der Waals surface area (Å²) in [6.07, 6.45) is 1.98. The Kier molecular flexibility index (Phi) is 2.33. The van der Waals surface area contributed by atoms with Crippen LogP contribution in [-0.4, -0.2) is 18.5 Å². The van der Waals surface area contributed by atoms with E-state index in [1.165, 1.54) is 0 Å². The molecule has 2 nitrogen and oxygen atoms in total. The highest BCUT2D eigenvalue weighted by Gasteiger charge is 2.26. The fourth-order valence-corrected chi connectivity index (χ4v) is 0.902. The van der Waals surface area contributed by atoms with Gasteiger partial charge < -0.3 is 4.74 Å². The third-order valence-electron chi connectivity index (χ3n) is 1.93. The molecule has 0 saturated carbocycles. The highest BCUT2D eigenvalue weighted by Crippen LogP contribution is 2.22. The Morgan fingerprint density at radius 2 is 2.09 bits per heavy atom. The first kappa shape index (κ1) is 8.72. The van der Waals surface area contributed by atoms with E-state index in [-0.39, 0.29) is 5.41 Å². The third kappa shape index (κ3) is 3.02. The van der Waals surface area contributed by atoms with Crippen LogP contribution in [0.25, 0.3) is 0 Å². The van der Waals surface area contributed by atoms with Crippen LogP contribution in [-0.2, 0) is 9.53 Å². The molecule has 0 aromatic rings. The first-order valence-electron chi connectivity index (χ1n) is 4.15. The summed E-state index contributed by atoms with van der Waals surface area (Å²) < 4.78 is 5.02. The van der Waals surface area contributed by atoms with Gasteiger partial charge in [0.2, 0.25) is 0 Å². The van der Waals surface area contributed by atoms with Crippen molar-refractivity contribution in [2.24, 2.45) is 5.41 Å². The fraction of sp³-hybridized carbons (Fsp3) is 0.889. The number of hydrogen-bond donors (Lipinski definition) is 0. The van der Waals surface area contributed by atoms with Gasteiger partial charge in [0, 0.05) is 11.8 Å². The van der Waals surface area contributed by atoms with Crippen LogP contribution in [0.5, 0.6) is 0 Å². The molecule has 2 heteroatoms. The SMILES string of the molecule is CC(C)(C)C(=O)CCC1CO1. The number of Topliss-reactive ketones (excluding diaryl/α,β-unsaturated/α-hetero) is 1. The molecule has 0 bridgehead atoms. The molecular weight excluding hydrogens is 140 g/mol. The van der Waals surface area contributed by atoms with Gasteiger partial charge in [0.05, 0.1) is 12.7 Å². The van der Waals surface area contributed by atoms with Crippen LogP contribution < -0.4 is 0 Å². The number of hydrogen-bond acceptors (Lipinski definition) is 2. The van der Waals surface area contributed by atoms with Crippen molar-refractivity contribution in [2.45, 2.75) is 39.7 Å². The molecule has 1 saturated heterocycles. The van der Waals surface area contributed by atoms with E-state index in [2.05, 4.69) is 0 Å². The summed E-state index contributed by atoms with van der Waals surface area (Å²) >= 11 is 0. The zero-order valence-corrected chi connectivity index (χ0v) is 7.52. The minimum absolute atomic E-state index is 0.172. The van der Waals surface area contributed by atoms with Crippen LogP contribution in [0.3, 0.4) is 0 Å². The van der Waals surface area contributed by atoms with Crippen LogP contribution in [0.1, 0.15) is 33.6 Å². The average Bonchev–Trinajstić information content (AvgIpc) is 2.62. The van der Waals surface area contributed by atoms with Gasteiger partial charge in [0.25, 0.3) is 0 Å². The van der Waals surface area contributed by atoms with Gasteiger partial charge >= 0.3 is 0 Å². The normalized spacial score (nSPS) is 23.4. The van der Waals surface area contributed by atoms with E-state index in [1.54, 1.807) is 0 Å². The standard InChI is InChI=1S/C9H16O2/c1-9(2,3)8(10)5-4-7-6-11-7/h7H,4-6H2,1-3H3. The summed E-state index contributed by atoms with van der Waals surface area (Å²) in [7, 11) is 0. The number of ether oxygens (including phenoxy) is 1. The second-order valence-corrected chi connectivity index (χ2v) is 4.17. The van der Waals surface area contributed by atoms with E-state index in [1.807, 2.05) is 20.8 Å². The minimum atomic E-state index is -0.172. The predicted molar refractivity (Wildman–Crippen MR) is 43.4 cm³/mol. The second-order valence-electron chi connectivity index (χ2n) is 4.17. The summed E-state index contributed by atoms with van der Waals surface area (Å²) in [5, 5.41) is 0. The summed E-state index contributed by atoms with van der Waals surface area (Å²) in [5.74, 6) is 0.341. The van der Waals surface area contributed by atoms with Gasteiger partial charge in [-0.25, -0.2) is 0 Å². The quantitative estimate of drug-likeness (QED) is 0.583. The van der Waals surface area contributed by atoms with Crippen molar-refractivity contribution >= 4 is 5.78 Å². The highest BCUT2D eigenvalue weighted by molar-refractivity contribution is 5.83. The number of rotatable bonds is 3. The lowest BCUT2D eigenvalue weighted by Crippen LogP contribution is -2.20. The first-order valence-corrected chi connectivity index (χ1v) is 4.15. The maximum atomic E-state index is 11.3. The molecule has 0 aromatic carbocycles. The zero-order chi connectivity index (χ0) is 8.48. The molecule has 0 spiro atoms. The molecule has 1 aliphatic rings. The molecule has 0 N–H and O–H groups in total. The van der Waals surface area contributed by atoms with Crippen LogP contribution in [0.2, 0.25) is 0 Å². The van der Waals surface area contributed by atoms with E-state index in [0.717, 1.165) is 13.0 Å². The molecular formula is C9H16O2. The lowest BCUT2D eigenvalue weighted by Gasteiger charge is -2.15. The van der Waals surface area contributed by atoms with Crippen molar-refractivity contribution in [1.29, 1.82) is 0 Å². The number of carbonyl (C=O) groups is 1.